The zero-order chi connectivity index (χ0) is 24.6. The Morgan fingerprint density at radius 3 is 2.62 bits per heavy atom. The average molecular weight is 501 g/mol. The Labute approximate surface area is 215 Å². The number of hydrogen-bond acceptors (Lipinski definition) is 6. The van der Waals surface area contributed by atoms with Crippen molar-refractivity contribution in [2.45, 2.75) is 6.61 Å². The Hall–Kier alpha value is -4.82. The lowest BCUT2D eigenvalue weighted by Crippen LogP contribution is -1.96. The van der Waals surface area contributed by atoms with Crippen LogP contribution >= 0.6 is 11.3 Å². The first-order valence-electron chi connectivity index (χ1n) is 11.8. The van der Waals surface area contributed by atoms with Crippen LogP contribution < -0.4 is 4.74 Å². The third-order valence-corrected chi connectivity index (χ3v) is 6.99. The minimum atomic E-state index is 0.479. The number of benzene rings is 1. The van der Waals surface area contributed by atoms with Crippen LogP contribution in [0.5, 0.6) is 5.75 Å². The van der Waals surface area contributed by atoms with Gasteiger partial charge in [-0.15, -0.1) is 0 Å². The molecule has 0 aliphatic carbocycles. The van der Waals surface area contributed by atoms with Gasteiger partial charge in [-0.3, -0.25) is 20.1 Å². The standard InChI is InChI=1S/C29H20N6OS/c1-2-4-18(5-3-1)16-36-21-10-20(13-30-14-21)25-11-23-27(15-32-25)34-35-29(23)26-12-22-24(33-26)6-8-31-28(22)19-7-9-37-17-19/h1-15,17,33H,16H2,(H,34,35). The van der Waals surface area contributed by atoms with E-state index in [0.29, 0.717) is 12.4 Å². The van der Waals surface area contributed by atoms with Crippen molar-refractivity contribution in [3.05, 3.63) is 102 Å². The fourth-order valence-corrected chi connectivity index (χ4v) is 5.11. The molecule has 0 aliphatic heterocycles. The summed E-state index contributed by atoms with van der Waals surface area (Å²) in [4.78, 5) is 17.2. The van der Waals surface area contributed by atoms with Crippen molar-refractivity contribution in [2.75, 3.05) is 0 Å². The van der Waals surface area contributed by atoms with E-state index < -0.39 is 0 Å². The summed E-state index contributed by atoms with van der Waals surface area (Å²) in [5, 5.41) is 13.9. The van der Waals surface area contributed by atoms with Gasteiger partial charge in [0.25, 0.3) is 0 Å². The Morgan fingerprint density at radius 1 is 0.811 bits per heavy atom. The zero-order valence-electron chi connectivity index (χ0n) is 19.6. The molecule has 178 valence electrons. The number of aromatic amines is 2. The first-order chi connectivity index (χ1) is 18.3. The van der Waals surface area contributed by atoms with Gasteiger partial charge < -0.3 is 9.72 Å². The number of fused-ring (bicyclic) bond motifs is 2. The maximum absolute atomic E-state index is 5.98. The first kappa shape index (κ1) is 21.5. The lowest BCUT2D eigenvalue weighted by Gasteiger charge is -2.08. The predicted molar refractivity (Wildman–Crippen MR) is 146 cm³/mol. The van der Waals surface area contributed by atoms with Crippen LogP contribution in [-0.2, 0) is 6.61 Å². The van der Waals surface area contributed by atoms with E-state index in [-0.39, 0.29) is 0 Å². The van der Waals surface area contributed by atoms with Crippen LogP contribution in [0.1, 0.15) is 5.56 Å². The number of pyridine rings is 3. The summed E-state index contributed by atoms with van der Waals surface area (Å²) in [7, 11) is 0. The van der Waals surface area contributed by atoms with Crippen molar-refractivity contribution >= 4 is 33.1 Å². The quantitative estimate of drug-likeness (QED) is 0.260. The van der Waals surface area contributed by atoms with Gasteiger partial charge in [0, 0.05) is 45.2 Å². The lowest BCUT2D eigenvalue weighted by molar-refractivity contribution is 0.305. The van der Waals surface area contributed by atoms with Gasteiger partial charge in [0.2, 0.25) is 0 Å². The highest BCUT2D eigenvalue weighted by molar-refractivity contribution is 7.08. The van der Waals surface area contributed by atoms with Gasteiger partial charge in [0.15, 0.2) is 0 Å². The molecule has 0 saturated carbocycles. The van der Waals surface area contributed by atoms with Gasteiger partial charge >= 0.3 is 0 Å². The Balaban J connectivity index is 1.24. The molecule has 6 heterocycles. The van der Waals surface area contributed by atoms with E-state index >= 15 is 0 Å². The fraction of sp³-hybridized carbons (Fsp3) is 0.0345. The second-order valence-corrected chi connectivity index (χ2v) is 9.47. The van der Waals surface area contributed by atoms with E-state index in [4.69, 9.17) is 4.74 Å². The van der Waals surface area contributed by atoms with Crippen molar-refractivity contribution in [1.82, 2.24) is 30.1 Å². The molecule has 0 radical (unpaired) electrons. The summed E-state index contributed by atoms with van der Waals surface area (Å²) >= 11 is 1.66. The highest BCUT2D eigenvalue weighted by Crippen LogP contribution is 2.34. The molecule has 0 amide bonds. The molecule has 7 nitrogen and oxygen atoms in total. The molecule has 0 saturated heterocycles. The van der Waals surface area contributed by atoms with Crippen molar-refractivity contribution in [2.24, 2.45) is 0 Å². The monoisotopic (exact) mass is 500 g/mol. The molecule has 6 aromatic heterocycles. The molecule has 0 aliphatic rings. The second kappa shape index (κ2) is 9.00. The van der Waals surface area contributed by atoms with Crippen molar-refractivity contribution in [3.63, 3.8) is 0 Å². The van der Waals surface area contributed by atoms with E-state index in [1.807, 2.05) is 54.7 Å². The van der Waals surface area contributed by atoms with E-state index in [1.54, 1.807) is 29.9 Å². The number of ether oxygens (including phenoxy) is 1. The lowest BCUT2D eigenvalue weighted by atomic mass is 10.1. The number of nitrogens with zero attached hydrogens (tertiary/aromatic N) is 4. The van der Waals surface area contributed by atoms with E-state index in [0.717, 1.165) is 61.3 Å². The highest BCUT2D eigenvalue weighted by atomic mass is 32.1. The number of hydrogen-bond donors (Lipinski definition) is 2. The Bertz CT molecular complexity index is 1840. The highest BCUT2D eigenvalue weighted by Gasteiger charge is 2.16. The number of thiophene rings is 1. The molecule has 1 aromatic carbocycles. The molecule has 7 aromatic rings. The summed E-state index contributed by atoms with van der Waals surface area (Å²) in [6.45, 7) is 0.479. The van der Waals surface area contributed by atoms with Crippen LogP contribution in [0, 0.1) is 0 Å². The van der Waals surface area contributed by atoms with Crippen LogP contribution in [0.3, 0.4) is 0 Å². The van der Waals surface area contributed by atoms with Crippen molar-refractivity contribution in [1.29, 1.82) is 0 Å². The van der Waals surface area contributed by atoms with Crippen LogP contribution in [0.25, 0.3) is 55.7 Å². The summed E-state index contributed by atoms with van der Waals surface area (Å²) < 4.78 is 5.98. The molecular formula is C29H20N6OS. The topological polar surface area (TPSA) is 92.4 Å². The fourth-order valence-electron chi connectivity index (χ4n) is 4.47. The molecule has 0 fully saturated rings. The maximum Gasteiger partial charge on any atom is 0.138 e. The molecular weight excluding hydrogens is 480 g/mol. The molecule has 0 bridgehead atoms. The summed E-state index contributed by atoms with van der Waals surface area (Å²) in [5.74, 6) is 0.694. The number of aromatic nitrogens is 6. The van der Waals surface area contributed by atoms with E-state index in [2.05, 4.69) is 53.0 Å². The minimum Gasteiger partial charge on any atom is -0.487 e. The molecule has 0 spiro atoms. The van der Waals surface area contributed by atoms with Gasteiger partial charge in [0.05, 0.1) is 35.0 Å². The smallest absolute Gasteiger partial charge is 0.138 e. The van der Waals surface area contributed by atoms with Gasteiger partial charge in [-0.2, -0.15) is 16.4 Å². The van der Waals surface area contributed by atoms with Crippen LogP contribution in [0.2, 0.25) is 0 Å². The number of H-pyrrole nitrogens is 2. The molecule has 0 unspecified atom stereocenters. The summed E-state index contributed by atoms with van der Waals surface area (Å²) in [6, 6.07) is 20.3. The van der Waals surface area contributed by atoms with E-state index in [9.17, 15) is 0 Å². The van der Waals surface area contributed by atoms with E-state index in [1.165, 1.54) is 0 Å². The summed E-state index contributed by atoms with van der Waals surface area (Å²) in [6.07, 6.45) is 7.16. The molecule has 2 N–H and O–H groups in total. The van der Waals surface area contributed by atoms with Gasteiger partial charge in [-0.05, 0) is 41.3 Å². The third-order valence-electron chi connectivity index (χ3n) is 6.30. The molecule has 7 rings (SSSR count). The van der Waals surface area contributed by atoms with Gasteiger partial charge in [-0.1, -0.05) is 30.3 Å². The van der Waals surface area contributed by atoms with Crippen molar-refractivity contribution < 1.29 is 4.74 Å². The molecule has 8 heteroatoms. The summed E-state index contributed by atoms with van der Waals surface area (Å²) in [5.41, 5.74) is 8.47. The normalized spacial score (nSPS) is 11.4. The minimum absolute atomic E-state index is 0.479. The maximum atomic E-state index is 5.98. The van der Waals surface area contributed by atoms with Gasteiger partial charge in [-0.25, -0.2) is 0 Å². The molecule has 37 heavy (non-hydrogen) atoms. The second-order valence-electron chi connectivity index (χ2n) is 8.69. The third kappa shape index (κ3) is 4.03. The zero-order valence-corrected chi connectivity index (χ0v) is 20.4. The first-order valence-corrected chi connectivity index (χ1v) is 12.7. The van der Waals surface area contributed by atoms with Crippen LogP contribution in [-0.4, -0.2) is 30.1 Å². The Kier molecular flexibility index (Phi) is 5.22. The predicted octanol–water partition coefficient (Wildman–Crippen LogP) is 6.87. The average Bonchev–Trinajstić information content (AvgIpc) is 3.71. The van der Waals surface area contributed by atoms with Crippen molar-refractivity contribution in [3.8, 4) is 39.7 Å². The largest absolute Gasteiger partial charge is 0.487 e. The molecule has 0 atom stereocenters. The SMILES string of the molecule is c1ccc(COc2cncc(-c3cc4c(-c5cc6c(-c7ccsc7)nccc6[nH]5)n[nH]c4cn3)c2)cc1. The Morgan fingerprint density at radius 2 is 1.73 bits per heavy atom. The number of nitrogens with one attached hydrogen (secondary N) is 2. The van der Waals surface area contributed by atoms with Crippen LogP contribution in [0.15, 0.2) is 96.2 Å². The van der Waals surface area contributed by atoms with Crippen LogP contribution in [0.4, 0.5) is 0 Å². The van der Waals surface area contributed by atoms with Gasteiger partial charge in [0.1, 0.15) is 18.1 Å². The number of rotatable bonds is 6.